The van der Waals surface area contributed by atoms with Crippen molar-refractivity contribution in [1.82, 2.24) is 39.1 Å². The summed E-state index contributed by atoms with van der Waals surface area (Å²) in [5, 5.41) is 12.3. The first-order valence-electron chi connectivity index (χ1n) is 12.8. The number of fused-ring (bicyclic) bond motifs is 3. The minimum atomic E-state index is -0.344. The molecule has 0 saturated carbocycles. The predicted octanol–water partition coefficient (Wildman–Crippen LogP) is 0.336. The van der Waals surface area contributed by atoms with Gasteiger partial charge in [0, 0.05) is 0 Å². The number of nitrogens with two attached hydrogens (primary N) is 3. The number of nitrogen functional groups attached to an aromatic ring is 3. The van der Waals surface area contributed by atoms with Crippen LogP contribution < -0.4 is 43.0 Å². The second-order valence-electron chi connectivity index (χ2n) is 10.0. The number of aromatic nitrogens is 9. The zero-order valence-corrected chi connectivity index (χ0v) is 29.3. The number of hydrogen-bond acceptors (Lipinski definition) is 8. The Balaban J connectivity index is 1.33. The van der Waals surface area contributed by atoms with Crippen LogP contribution in [0.25, 0.3) is 32.8 Å². The van der Waals surface area contributed by atoms with Crippen molar-refractivity contribution in [3.05, 3.63) is 49.5 Å². The van der Waals surface area contributed by atoms with E-state index >= 15 is 0 Å². The first-order chi connectivity index (χ1) is 19.6. The molecular formula is C26H29I3N12. The number of alkyl halides is 2. The van der Waals surface area contributed by atoms with Gasteiger partial charge in [0.05, 0.1) is 0 Å². The summed E-state index contributed by atoms with van der Waals surface area (Å²) in [5.74, 6) is 1.72. The number of anilines is 3. The van der Waals surface area contributed by atoms with Crippen molar-refractivity contribution >= 4 is 95.5 Å². The van der Waals surface area contributed by atoms with E-state index in [4.69, 9.17) is 27.3 Å². The van der Waals surface area contributed by atoms with Gasteiger partial charge in [0.2, 0.25) is 0 Å². The molecule has 6 heterocycles. The Morgan fingerprint density at radius 3 is 2.63 bits per heavy atom. The molecule has 41 heavy (non-hydrogen) atoms. The van der Waals surface area contributed by atoms with Crippen LogP contribution >= 0.6 is 45.2 Å². The zero-order chi connectivity index (χ0) is 29.2. The average molecular weight is 890 g/mol. The van der Waals surface area contributed by atoms with Crippen molar-refractivity contribution in [3.8, 4) is 0 Å². The molecule has 214 valence electrons. The molecule has 6 rings (SSSR count). The molecule has 0 aliphatic carbocycles. The Morgan fingerprint density at radius 2 is 1.88 bits per heavy atom. The summed E-state index contributed by atoms with van der Waals surface area (Å²) >= 11 is 4.33. The van der Waals surface area contributed by atoms with Crippen molar-refractivity contribution in [1.29, 1.82) is 0 Å². The fourth-order valence-corrected chi connectivity index (χ4v) is 9.37. The van der Waals surface area contributed by atoms with Crippen LogP contribution in [0.4, 0.5) is 17.5 Å². The normalized spacial score (nSPS) is 13.6. The van der Waals surface area contributed by atoms with Crippen molar-refractivity contribution < 1.29 is 25.8 Å². The van der Waals surface area contributed by atoms with Crippen LogP contribution in [-0.4, -0.2) is 44.0 Å². The summed E-state index contributed by atoms with van der Waals surface area (Å²) in [6.45, 7) is 4.84. The molecule has 15 heteroatoms. The van der Waals surface area contributed by atoms with Gasteiger partial charge in [-0.3, -0.25) is 0 Å². The van der Waals surface area contributed by atoms with E-state index in [0.717, 1.165) is 45.9 Å². The molecule has 6 aromatic rings. The third-order valence-electron chi connectivity index (χ3n) is 7.28. The monoisotopic (exact) mass is 890 g/mol. The molecule has 6 N–H and O–H groups in total. The molecule has 12 nitrogen and oxygen atoms in total. The Labute approximate surface area is 273 Å². The summed E-state index contributed by atoms with van der Waals surface area (Å²) < 4.78 is 10.2. The molecule has 0 bridgehead atoms. The molecule has 0 aliphatic rings. The van der Waals surface area contributed by atoms with Crippen LogP contribution in [-0.2, 0) is 20.0 Å². The topological polar surface area (TPSA) is 161 Å². The van der Waals surface area contributed by atoms with E-state index in [9.17, 15) is 0 Å². The van der Waals surface area contributed by atoms with Gasteiger partial charge in [-0.1, -0.05) is 0 Å². The van der Waals surface area contributed by atoms with Gasteiger partial charge in [-0.25, -0.2) is 0 Å². The average Bonchev–Trinajstić information content (AvgIpc) is 3.57. The number of aryl methyl sites for hydroxylation is 2. The van der Waals surface area contributed by atoms with Gasteiger partial charge in [-0.15, -0.1) is 0 Å². The second-order valence-corrected chi connectivity index (χ2v) is 14.6. The molecule has 0 spiro atoms. The van der Waals surface area contributed by atoms with Crippen molar-refractivity contribution in [3.63, 3.8) is 0 Å². The van der Waals surface area contributed by atoms with Gasteiger partial charge in [-0.05, 0) is 0 Å². The minimum absolute atomic E-state index is 0.00871. The van der Waals surface area contributed by atoms with E-state index in [1.54, 1.807) is 17.2 Å². The van der Waals surface area contributed by atoms with E-state index in [1.807, 2.05) is 17.7 Å². The Morgan fingerprint density at radius 1 is 1.10 bits per heavy atom. The zero-order valence-electron chi connectivity index (χ0n) is 22.8. The number of rotatable bonds is 7. The molecule has 0 radical (unpaired) electrons. The number of hydrogen-bond donors (Lipinski definition) is 3. The fourth-order valence-electron chi connectivity index (χ4n) is 5.35. The molecule has 0 amide bonds. The van der Waals surface area contributed by atoms with Crippen LogP contribution in [0.2, 0.25) is 0 Å². The van der Waals surface area contributed by atoms with Crippen LogP contribution in [0, 0.1) is 14.3 Å². The van der Waals surface area contributed by atoms with Crippen LogP contribution in [0.1, 0.15) is 28.3 Å². The SMILES string of the molecule is C[I-]c1c2c(N)nc(CC(C)n3cc(C)c4c(N)nccc43)cc2nn1C(I)C[n+]1cnc2nn(C)c(I)c2c1N. The van der Waals surface area contributed by atoms with Crippen molar-refractivity contribution in [2.75, 3.05) is 22.1 Å². The van der Waals surface area contributed by atoms with E-state index in [2.05, 4.69) is 101 Å². The third-order valence-corrected chi connectivity index (χ3v) is 11.5. The van der Waals surface area contributed by atoms with Gasteiger partial charge in [-0.2, -0.15) is 0 Å². The summed E-state index contributed by atoms with van der Waals surface area (Å²) in [4.78, 5) is 15.9. The molecule has 0 aliphatic heterocycles. The fraction of sp³-hybridized carbons (Fsp3) is 0.308. The van der Waals surface area contributed by atoms with Gasteiger partial charge in [0.1, 0.15) is 0 Å². The van der Waals surface area contributed by atoms with Gasteiger partial charge in [0.25, 0.3) is 0 Å². The molecular weight excluding hydrogens is 861 g/mol. The van der Waals surface area contributed by atoms with Gasteiger partial charge in [0.15, 0.2) is 0 Å². The Bertz CT molecular complexity index is 1960. The first-order valence-corrected chi connectivity index (χ1v) is 18.3. The Kier molecular flexibility index (Phi) is 7.62. The molecule has 6 aromatic heterocycles. The Hall–Kier alpha value is -2.55. The van der Waals surface area contributed by atoms with E-state index < -0.39 is 0 Å². The van der Waals surface area contributed by atoms with E-state index in [1.165, 1.54) is 0 Å². The number of halogens is 3. The maximum absolute atomic E-state index is 6.61. The molecule has 2 atom stereocenters. The van der Waals surface area contributed by atoms with E-state index in [0.29, 0.717) is 36.1 Å². The standard InChI is InChI=1S/C26H28I3N12/c1-12-9-40(16-5-6-33-23(30)18(12)16)13(2)7-14-8-15-19(24(31)35-14)22(29-3)41(36-15)17(27)10-39-11-34-26-20(25(39)32)21(28)38(4)37-26/h5-6,8-9,11,13,17,32H,7,10H2,1-4H3,(H4,30,31,33,35,36)/q-1/p+1. The molecule has 0 fully saturated rings. The van der Waals surface area contributed by atoms with Crippen LogP contribution in [0.3, 0.4) is 0 Å². The first kappa shape index (κ1) is 28.6. The quantitative estimate of drug-likeness (QED) is 0.118. The van der Waals surface area contributed by atoms with Crippen LogP contribution in [0.15, 0.2) is 30.9 Å². The van der Waals surface area contributed by atoms with Gasteiger partial charge >= 0.3 is 276 Å². The summed E-state index contributed by atoms with van der Waals surface area (Å²) in [5.41, 5.74) is 23.9. The van der Waals surface area contributed by atoms with Crippen LogP contribution in [0.5, 0.6) is 0 Å². The second kappa shape index (κ2) is 10.9. The van der Waals surface area contributed by atoms with Gasteiger partial charge < -0.3 is 0 Å². The summed E-state index contributed by atoms with van der Waals surface area (Å²) in [6.07, 6.45) is 6.33. The third kappa shape index (κ3) is 4.86. The van der Waals surface area contributed by atoms with E-state index in [-0.39, 0.29) is 31.3 Å². The molecule has 0 aromatic carbocycles. The maximum atomic E-state index is 6.61. The summed E-state index contributed by atoms with van der Waals surface area (Å²) in [7, 11) is 1.89. The number of pyridine rings is 2. The number of nitrogens with zero attached hydrogens (tertiary/aromatic N) is 9. The van der Waals surface area contributed by atoms with Crippen molar-refractivity contribution in [2.24, 2.45) is 7.05 Å². The predicted molar refractivity (Wildman–Crippen MR) is 173 cm³/mol. The van der Waals surface area contributed by atoms with Crippen molar-refractivity contribution in [2.45, 2.75) is 36.9 Å². The summed E-state index contributed by atoms with van der Waals surface area (Å²) in [6, 6.07) is 4.21. The molecule has 2 unspecified atom stereocenters. The molecule has 0 saturated heterocycles.